The van der Waals surface area contributed by atoms with E-state index >= 15 is 0 Å². The predicted molar refractivity (Wildman–Crippen MR) is 130 cm³/mol. The number of hydrogen-bond donors (Lipinski definition) is 1. The number of piperidine rings is 1. The van der Waals surface area contributed by atoms with Crippen LogP contribution in [-0.4, -0.2) is 40.8 Å². The van der Waals surface area contributed by atoms with Gasteiger partial charge in [0.1, 0.15) is 15.7 Å². The summed E-state index contributed by atoms with van der Waals surface area (Å²) in [5.74, 6) is 0.169. The maximum atomic E-state index is 13.2. The molecule has 4 rings (SSSR count). The predicted octanol–water partition coefficient (Wildman–Crippen LogP) is 5.58. The van der Waals surface area contributed by atoms with Crippen molar-refractivity contribution in [2.45, 2.75) is 71.3 Å². The number of likely N-dealkylation sites (tertiary alicyclic amines) is 1. The average Bonchev–Trinajstić information content (AvgIpc) is 3.03. The van der Waals surface area contributed by atoms with Gasteiger partial charge in [0.25, 0.3) is 5.91 Å². The highest BCUT2D eigenvalue weighted by Crippen LogP contribution is 2.31. The maximum absolute atomic E-state index is 13.2. The Labute approximate surface area is 199 Å². The van der Waals surface area contributed by atoms with Gasteiger partial charge in [0.2, 0.25) is 5.91 Å². The van der Waals surface area contributed by atoms with E-state index < -0.39 is 0 Å². The number of aromatic nitrogens is 1. The van der Waals surface area contributed by atoms with Crippen LogP contribution in [0.5, 0.6) is 0 Å². The Bertz CT molecular complexity index is 958. The Hall–Kier alpha value is -2.28. The summed E-state index contributed by atoms with van der Waals surface area (Å²) in [6.45, 7) is 5.21. The first-order valence-corrected chi connectivity index (χ1v) is 13.1. The minimum atomic E-state index is -0.289. The van der Waals surface area contributed by atoms with Gasteiger partial charge in [0.15, 0.2) is 0 Å². The summed E-state index contributed by atoms with van der Waals surface area (Å²) in [7, 11) is 0. The lowest BCUT2D eigenvalue weighted by molar-refractivity contribution is -0.127. The van der Waals surface area contributed by atoms with Crippen LogP contribution in [0.1, 0.15) is 73.7 Å². The van der Waals surface area contributed by atoms with Gasteiger partial charge in [-0.1, -0.05) is 32.6 Å². The first-order valence-electron chi connectivity index (χ1n) is 12.3. The topological polar surface area (TPSA) is 62.3 Å². The van der Waals surface area contributed by atoms with Gasteiger partial charge in [-0.3, -0.25) is 9.59 Å². The number of thiazole rings is 1. The van der Waals surface area contributed by atoms with Crippen LogP contribution in [0, 0.1) is 24.6 Å². The number of carbonyl (C=O) groups excluding carboxylic acids is 2. The largest absolute Gasteiger partial charge is 0.353 e. The fourth-order valence-electron chi connectivity index (χ4n) is 5.03. The lowest BCUT2D eigenvalue weighted by Crippen LogP contribution is -2.44. The standard InChI is InChI=1S/C26H34FN3O2S/c1-17(24(31)29-22-7-5-3-4-6-8-22)19-13-15-30(16-14-19)26(32)23-18(2)28-25(33-23)20-9-11-21(27)12-10-20/h9-12,17,19,22H,3-8,13-16H2,1-2H3,(H,29,31)/t17-/m1/s1. The molecule has 0 unspecified atom stereocenters. The van der Waals surface area contributed by atoms with Gasteiger partial charge in [-0.15, -0.1) is 11.3 Å². The molecule has 2 aliphatic rings. The molecule has 33 heavy (non-hydrogen) atoms. The minimum absolute atomic E-state index is 0.00683. The SMILES string of the molecule is Cc1nc(-c2ccc(F)cc2)sc1C(=O)N1CCC([C@@H](C)C(=O)NC2CCCCCC2)CC1. The van der Waals surface area contributed by atoms with E-state index in [0.29, 0.717) is 35.6 Å². The maximum Gasteiger partial charge on any atom is 0.265 e. The third-order valence-corrected chi connectivity index (χ3v) is 8.43. The molecule has 1 saturated heterocycles. The van der Waals surface area contributed by atoms with Gasteiger partial charge in [0.05, 0.1) is 5.69 Å². The molecular weight excluding hydrogens is 437 g/mol. The third kappa shape index (κ3) is 5.81. The fraction of sp³-hybridized carbons (Fsp3) is 0.577. The van der Waals surface area contributed by atoms with Crippen molar-refractivity contribution < 1.29 is 14.0 Å². The van der Waals surface area contributed by atoms with E-state index in [4.69, 9.17) is 0 Å². The number of nitrogens with zero attached hydrogens (tertiary/aromatic N) is 2. The Morgan fingerprint density at radius 1 is 1.06 bits per heavy atom. The number of halogens is 1. The number of nitrogens with one attached hydrogen (secondary N) is 1. The quantitative estimate of drug-likeness (QED) is 0.579. The second-order valence-corrected chi connectivity index (χ2v) is 10.6. The van der Waals surface area contributed by atoms with E-state index in [0.717, 1.165) is 36.3 Å². The molecule has 2 heterocycles. The van der Waals surface area contributed by atoms with Gasteiger partial charge < -0.3 is 10.2 Å². The molecule has 1 aromatic carbocycles. The van der Waals surface area contributed by atoms with Crippen molar-refractivity contribution in [3.63, 3.8) is 0 Å². The molecule has 178 valence electrons. The van der Waals surface area contributed by atoms with Crippen LogP contribution in [0.3, 0.4) is 0 Å². The monoisotopic (exact) mass is 471 g/mol. The van der Waals surface area contributed by atoms with E-state index in [9.17, 15) is 14.0 Å². The zero-order valence-corrected chi connectivity index (χ0v) is 20.4. The van der Waals surface area contributed by atoms with Crippen LogP contribution in [-0.2, 0) is 4.79 Å². The second-order valence-electron chi connectivity index (χ2n) is 9.56. The molecule has 5 nitrogen and oxygen atoms in total. The molecule has 1 atom stereocenters. The number of amides is 2. The summed E-state index contributed by atoms with van der Waals surface area (Å²) in [4.78, 5) is 33.1. The molecule has 1 N–H and O–H groups in total. The highest BCUT2D eigenvalue weighted by atomic mass is 32.1. The first-order chi connectivity index (χ1) is 15.9. The van der Waals surface area contributed by atoms with Crippen LogP contribution in [0.25, 0.3) is 10.6 Å². The van der Waals surface area contributed by atoms with E-state index in [1.165, 1.54) is 49.2 Å². The van der Waals surface area contributed by atoms with Gasteiger partial charge in [-0.2, -0.15) is 0 Å². The van der Waals surface area contributed by atoms with Crippen molar-refractivity contribution >= 4 is 23.2 Å². The van der Waals surface area contributed by atoms with E-state index in [1.54, 1.807) is 12.1 Å². The van der Waals surface area contributed by atoms with Crippen molar-refractivity contribution in [1.82, 2.24) is 15.2 Å². The van der Waals surface area contributed by atoms with Crippen LogP contribution in [0.2, 0.25) is 0 Å². The average molecular weight is 472 g/mol. The third-order valence-electron chi connectivity index (χ3n) is 7.23. The zero-order chi connectivity index (χ0) is 23.4. The number of benzene rings is 1. The summed E-state index contributed by atoms with van der Waals surface area (Å²) in [5, 5.41) is 4.03. The summed E-state index contributed by atoms with van der Waals surface area (Å²) in [6.07, 6.45) is 8.85. The fourth-order valence-corrected chi connectivity index (χ4v) is 6.07. The van der Waals surface area contributed by atoms with Crippen molar-refractivity contribution in [3.8, 4) is 10.6 Å². The van der Waals surface area contributed by atoms with Gasteiger partial charge >= 0.3 is 0 Å². The van der Waals surface area contributed by atoms with Gasteiger partial charge in [-0.25, -0.2) is 9.37 Å². The molecule has 2 fully saturated rings. The molecule has 2 amide bonds. The van der Waals surface area contributed by atoms with Crippen LogP contribution in [0.4, 0.5) is 4.39 Å². The van der Waals surface area contributed by atoms with E-state index in [1.807, 2.05) is 18.7 Å². The number of carbonyl (C=O) groups is 2. The molecule has 0 spiro atoms. The molecule has 7 heteroatoms. The second kappa shape index (κ2) is 10.8. The molecule has 0 radical (unpaired) electrons. The summed E-state index contributed by atoms with van der Waals surface area (Å²) in [6, 6.07) is 6.52. The normalized spacial score (nSPS) is 19.2. The smallest absolute Gasteiger partial charge is 0.265 e. The lowest BCUT2D eigenvalue weighted by Gasteiger charge is -2.34. The van der Waals surface area contributed by atoms with E-state index in [2.05, 4.69) is 10.3 Å². The number of rotatable bonds is 5. The van der Waals surface area contributed by atoms with Crippen LogP contribution in [0.15, 0.2) is 24.3 Å². The van der Waals surface area contributed by atoms with Crippen LogP contribution >= 0.6 is 11.3 Å². The lowest BCUT2D eigenvalue weighted by atomic mass is 9.84. The summed E-state index contributed by atoms with van der Waals surface area (Å²) < 4.78 is 13.2. The molecule has 1 aromatic heterocycles. The van der Waals surface area contributed by atoms with Crippen molar-refractivity contribution in [1.29, 1.82) is 0 Å². The molecule has 2 aromatic rings. The molecule has 1 saturated carbocycles. The summed E-state index contributed by atoms with van der Waals surface area (Å²) in [5.41, 5.74) is 1.53. The number of hydrogen-bond acceptors (Lipinski definition) is 4. The summed E-state index contributed by atoms with van der Waals surface area (Å²) >= 11 is 1.36. The zero-order valence-electron chi connectivity index (χ0n) is 19.6. The minimum Gasteiger partial charge on any atom is -0.353 e. The molecule has 1 aliphatic heterocycles. The van der Waals surface area contributed by atoms with E-state index in [-0.39, 0.29) is 23.5 Å². The first kappa shape index (κ1) is 23.9. The van der Waals surface area contributed by atoms with Crippen molar-refractivity contribution in [3.05, 3.63) is 40.7 Å². The Kier molecular flexibility index (Phi) is 7.78. The van der Waals surface area contributed by atoms with Crippen molar-refractivity contribution in [2.75, 3.05) is 13.1 Å². The Morgan fingerprint density at radius 2 is 1.70 bits per heavy atom. The highest BCUT2D eigenvalue weighted by molar-refractivity contribution is 7.17. The Morgan fingerprint density at radius 3 is 2.33 bits per heavy atom. The highest BCUT2D eigenvalue weighted by Gasteiger charge is 2.32. The van der Waals surface area contributed by atoms with Crippen molar-refractivity contribution in [2.24, 2.45) is 11.8 Å². The van der Waals surface area contributed by atoms with Gasteiger partial charge in [0, 0.05) is 30.6 Å². The van der Waals surface area contributed by atoms with Crippen LogP contribution < -0.4 is 5.32 Å². The van der Waals surface area contributed by atoms with Gasteiger partial charge in [-0.05, 0) is 62.8 Å². The number of aryl methyl sites for hydroxylation is 1. The molecule has 1 aliphatic carbocycles. The Balaban J connectivity index is 1.32. The molecule has 0 bridgehead atoms. The molecular formula is C26H34FN3O2S.